The zero-order valence-corrected chi connectivity index (χ0v) is 6.48. The minimum absolute atomic E-state index is 0.997. The predicted molar refractivity (Wildman–Crippen MR) is 43.4 cm³/mol. The Hall–Kier alpha value is -0.720. The Morgan fingerprint density at radius 1 is 1.70 bits per heavy atom. The van der Waals surface area contributed by atoms with Crippen LogP contribution in [0.25, 0.3) is 0 Å². The first-order valence-electron chi connectivity index (χ1n) is 3.93. The number of hydrogen-bond acceptors (Lipinski definition) is 1. The summed E-state index contributed by atoms with van der Waals surface area (Å²) in [6, 6.07) is 0. The van der Waals surface area contributed by atoms with Gasteiger partial charge >= 0.3 is 0 Å². The highest BCUT2D eigenvalue weighted by Crippen LogP contribution is 2.07. The maximum absolute atomic E-state index is 3.07. The van der Waals surface area contributed by atoms with E-state index in [4.69, 9.17) is 0 Å². The van der Waals surface area contributed by atoms with E-state index in [-0.39, 0.29) is 0 Å². The third kappa shape index (κ3) is 2.26. The monoisotopic (exact) mass is 136 g/mol. The van der Waals surface area contributed by atoms with E-state index >= 15 is 0 Å². The van der Waals surface area contributed by atoms with Crippen molar-refractivity contribution < 1.29 is 0 Å². The quantitative estimate of drug-likeness (QED) is 0.626. The molecular formula is C9H14N. The van der Waals surface area contributed by atoms with Gasteiger partial charge in [-0.3, -0.25) is 0 Å². The van der Waals surface area contributed by atoms with E-state index in [2.05, 4.69) is 24.5 Å². The van der Waals surface area contributed by atoms with Crippen LogP contribution in [0.2, 0.25) is 0 Å². The van der Waals surface area contributed by atoms with Crippen molar-refractivity contribution in [3.8, 4) is 0 Å². The molecule has 10 heavy (non-hydrogen) atoms. The van der Waals surface area contributed by atoms with E-state index in [0.29, 0.717) is 0 Å². The summed E-state index contributed by atoms with van der Waals surface area (Å²) in [6.45, 7) is 3.22. The fourth-order valence-electron chi connectivity index (χ4n) is 1.02. The van der Waals surface area contributed by atoms with Crippen molar-refractivity contribution >= 4 is 0 Å². The number of rotatable bonds is 3. The van der Waals surface area contributed by atoms with Crippen molar-refractivity contribution in [2.24, 2.45) is 0 Å². The molecule has 1 heteroatoms. The molecule has 0 spiro atoms. The zero-order chi connectivity index (χ0) is 7.23. The minimum atomic E-state index is 0.997. The minimum Gasteiger partial charge on any atom is -0.380 e. The molecule has 1 heterocycles. The lowest BCUT2D eigenvalue weighted by molar-refractivity contribution is 0.745. The standard InChI is InChI=1S/C9H14N/c1-2-3-5-9-6-4-7-10-8-9/h4,6,10H,2-3,5,8H2,1H3. The average Bonchev–Trinajstić information content (AvgIpc) is 2.03. The van der Waals surface area contributed by atoms with Gasteiger partial charge in [0.2, 0.25) is 0 Å². The van der Waals surface area contributed by atoms with E-state index in [1.54, 1.807) is 0 Å². The molecule has 0 atom stereocenters. The second-order valence-electron chi connectivity index (χ2n) is 2.59. The first-order chi connectivity index (χ1) is 4.93. The Morgan fingerprint density at radius 3 is 3.20 bits per heavy atom. The highest BCUT2D eigenvalue weighted by atomic mass is 14.8. The van der Waals surface area contributed by atoms with Gasteiger partial charge in [-0.2, -0.15) is 0 Å². The smallest absolute Gasteiger partial charge is 0.0578 e. The zero-order valence-electron chi connectivity index (χ0n) is 6.48. The molecule has 1 N–H and O–H groups in total. The SMILES string of the molecule is CCCCC1=CC=[C]NC1. The van der Waals surface area contributed by atoms with E-state index in [0.717, 1.165) is 6.54 Å². The van der Waals surface area contributed by atoms with E-state index in [1.807, 2.05) is 6.08 Å². The van der Waals surface area contributed by atoms with Crippen molar-refractivity contribution in [2.75, 3.05) is 6.54 Å². The molecule has 0 fully saturated rings. The van der Waals surface area contributed by atoms with Gasteiger partial charge in [-0.05, 0) is 18.9 Å². The first kappa shape index (κ1) is 7.39. The van der Waals surface area contributed by atoms with E-state index < -0.39 is 0 Å². The van der Waals surface area contributed by atoms with Gasteiger partial charge in [-0.15, -0.1) is 0 Å². The topological polar surface area (TPSA) is 12.0 Å². The fraction of sp³-hybridized carbons (Fsp3) is 0.556. The maximum atomic E-state index is 3.07. The molecule has 0 aliphatic carbocycles. The van der Waals surface area contributed by atoms with Crippen LogP contribution in [0.15, 0.2) is 17.7 Å². The largest absolute Gasteiger partial charge is 0.380 e. The lowest BCUT2D eigenvalue weighted by Crippen LogP contribution is -2.13. The molecule has 0 bridgehead atoms. The van der Waals surface area contributed by atoms with Gasteiger partial charge in [0.1, 0.15) is 0 Å². The molecule has 0 aromatic heterocycles. The lowest BCUT2D eigenvalue weighted by Gasteiger charge is -2.08. The summed E-state index contributed by atoms with van der Waals surface area (Å²) < 4.78 is 0. The van der Waals surface area contributed by atoms with Crippen LogP contribution in [-0.4, -0.2) is 6.54 Å². The third-order valence-electron chi connectivity index (χ3n) is 1.67. The number of dihydropyridines is 1. The third-order valence-corrected chi connectivity index (χ3v) is 1.67. The van der Waals surface area contributed by atoms with Crippen LogP contribution in [0.3, 0.4) is 0 Å². The normalized spacial score (nSPS) is 16.3. The van der Waals surface area contributed by atoms with Crippen molar-refractivity contribution in [3.63, 3.8) is 0 Å². The van der Waals surface area contributed by atoms with Crippen LogP contribution < -0.4 is 5.32 Å². The Balaban J connectivity index is 2.25. The molecule has 0 saturated heterocycles. The summed E-state index contributed by atoms with van der Waals surface area (Å²) in [7, 11) is 0. The maximum Gasteiger partial charge on any atom is 0.0578 e. The summed E-state index contributed by atoms with van der Waals surface area (Å²) in [4.78, 5) is 0. The van der Waals surface area contributed by atoms with Gasteiger partial charge in [0.15, 0.2) is 0 Å². The molecule has 0 aromatic carbocycles. The molecule has 1 nitrogen and oxygen atoms in total. The predicted octanol–water partition coefficient (Wildman–Crippen LogP) is 2.02. The lowest BCUT2D eigenvalue weighted by atomic mass is 10.1. The van der Waals surface area contributed by atoms with Crippen LogP contribution in [0.4, 0.5) is 0 Å². The second-order valence-corrected chi connectivity index (χ2v) is 2.59. The van der Waals surface area contributed by atoms with Crippen LogP contribution in [0.5, 0.6) is 0 Å². The molecule has 1 rings (SSSR count). The Kier molecular flexibility index (Phi) is 3.07. The number of unbranched alkanes of at least 4 members (excludes halogenated alkanes) is 1. The van der Waals surface area contributed by atoms with Crippen LogP contribution in [0, 0.1) is 6.20 Å². The fourth-order valence-corrected chi connectivity index (χ4v) is 1.02. The molecule has 55 valence electrons. The molecule has 1 aliphatic heterocycles. The highest BCUT2D eigenvalue weighted by molar-refractivity contribution is 5.15. The Bertz CT molecular complexity index is 145. The Morgan fingerprint density at radius 2 is 2.60 bits per heavy atom. The van der Waals surface area contributed by atoms with Gasteiger partial charge < -0.3 is 5.32 Å². The molecule has 0 amide bonds. The van der Waals surface area contributed by atoms with Gasteiger partial charge in [0.25, 0.3) is 0 Å². The van der Waals surface area contributed by atoms with Gasteiger partial charge in [-0.25, -0.2) is 0 Å². The molecule has 0 aromatic rings. The Labute approximate surface area is 62.8 Å². The van der Waals surface area contributed by atoms with Crippen molar-refractivity contribution in [3.05, 3.63) is 23.9 Å². The van der Waals surface area contributed by atoms with E-state index in [1.165, 1.54) is 24.8 Å². The number of nitrogens with one attached hydrogen (secondary N) is 1. The summed E-state index contributed by atoms with van der Waals surface area (Å²) in [5.74, 6) is 0. The first-order valence-corrected chi connectivity index (χ1v) is 3.93. The molecular weight excluding hydrogens is 122 g/mol. The van der Waals surface area contributed by atoms with Gasteiger partial charge in [0, 0.05) is 6.54 Å². The number of allylic oxidation sites excluding steroid dienone is 2. The van der Waals surface area contributed by atoms with Crippen molar-refractivity contribution in [1.82, 2.24) is 5.32 Å². The van der Waals surface area contributed by atoms with Gasteiger partial charge in [0.05, 0.1) is 6.20 Å². The van der Waals surface area contributed by atoms with Crippen LogP contribution in [-0.2, 0) is 0 Å². The van der Waals surface area contributed by atoms with Crippen molar-refractivity contribution in [1.29, 1.82) is 0 Å². The average molecular weight is 136 g/mol. The van der Waals surface area contributed by atoms with E-state index in [9.17, 15) is 0 Å². The second kappa shape index (κ2) is 4.15. The summed E-state index contributed by atoms with van der Waals surface area (Å²) in [6.07, 6.45) is 10.9. The summed E-state index contributed by atoms with van der Waals surface area (Å²) in [5, 5.41) is 3.07. The van der Waals surface area contributed by atoms with Gasteiger partial charge in [-0.1, -0.05) is 25.0 Å². The molecule has 0 unspecified atom stereocenters. The summed E-state index contributed by atoms with van der Waals surface area (Å²) in [5.41, 5.74) is 1.50. The van der Waals surface area contributed by atoms with Crippen LogP contribution in [0.1, 0.15) is 26.2 Å². The highest BCUT2D eigenvalue weighted by Gasteiger charge is 1.96. The number of hydrogen-bond donors (Lipinski definition) is 1. The van der Waals surface area contributed by atoms with Crippen LogP contribution >= 0.6 is 0 Å². The molecule has 1 aliphatic rings. The summed E-state index contributed by atoms with van der Waals surface area (Å²) >= 11 is 0. The van der Waals surface area contributed by atoms with Crippen molar-refractivity contribution in [2.45, 2.75) is 26.2 Å². The molecule has 1 radical (unpaired) electrons. The molecule has 0 saturated carbocycles.